The molecule has 0 aliphatic carbocycles. The first-order valence-electron chi connectivity index (χ1n) is 9.92. The second-order valence-corrected chi connectivity index (χ2v) is 9.08. The lowest BCUT2D eigenvalue weighted by Crippen LogP contribution is -2.19. The van der Waals surface area contributed by atoms with Gasteiger partial charge in [-0.2, -0.15) is 0 Å². The smallest absolute Gasteiger partial charge is 0.291 e. The van der Waals surface area contributed by atoms with Crippen molar-refractivity contribution in [1.29, 1.82) is 0 Å². The molecule has 0 fully saturated rings. The number of carbonyl (C=O) groups excluding carboxylic acids is 2. The Labute approximate surface area is 202 Å². The fourth-order valence-electron chi connectivity index (χ4n) is 3.07. The molecule has 1 heterocycles. The zero-order chi connectivity index (χ0) is 23.2. The quantitative estimate of drug-likeness (QED) is 0.258. The monoisotopic (exact) mass is 524 g/mol. The van der Waals surface area contributed by atoms with Crippen molar-refractivity contribution in [3.63, 3.8) is 0 Å². The molecule has 1 unspecified atom stereocenters. The van der Waals surface area contributed by atoms with Gasteiger partial charge in [-0.25, -0.2) is 4.39 Å². The largest absolute Gasteiger partial charge is 0.459 e. The zero-order valence-corrected chi connectivity index (χ0v) is 19.5. The molecule has 0 spiro atoms. The van der Waals surface area contributed by atoms with Gasteiger partial charge >= 0.3 is 0 Å². The lowest BCUT2D eigenvalue weighted by atomic mass is 10.1. The Bertz CT molecular complexity index is 1270. The lowest BCUT2D eigenvalue weighted by Gasteiger charge is -2.18. The standard InChI is InChI=1S/C25H18BrFN2O3S/c26-17-11-12-21(20(27)14-17)29-25(31)23(16-6-2-1-3-7-16)33-19-9-4-8-18(15-19)28-24(30)22-10-5-13-32-22/h1-15,23H,(H,28,30)(H,29,31). The predicted molar refractivity (Wildman–Crippen MR) is 131 cm³/mol. The summed E-state index contributed by atoms with van der Waals surface area (Å²) in [5.41, 5.74) is 1.43. The van der Waals surface area contributed by atoms with Gasteiger partial charge in [-0.05, 0) is 54.1 Å². The minimum absolute atomic E-state index is 0.101. The fourth-order valence-corrected chi connectivity index (χ4v) is 4.49. The van der Waals surface area contributed by atoms with Crippen molar-refractivity contribution in [3.8, 4) is 0 Å². The van der Waals surface area contributed by atoms with Crippen LogP contribution in [0.1, 0.15) is 21.4 Å². The van der Waals surface area contributed by atoms with E-state index in [-0.39, 0.29) is 23.3 Å². The number of thioether (sulfide) groups is 1. The van der Waals surface area contributed by atoms with E-state index in [1.165, 1.54) is 30.2 Å². The number of furan rings is 1. The Hall–Kier alpha value is -3.36. The molecule has 8 heteroatoms. The number of anilines is 2. The third kappa shape index (κ3) is 5.91. The Balaban J connectivity index is 1.56. The second kappa shape index (κ2) is 10.5. The Kier molecular flexibility index (Phi) is 7.26. The molecule has 4 aromatic rings. The average Bonchev–Trinajstić information content (AvgIpc) is 3.35. The van der Waals surface area contributed by atoms with Crippen LogP contribution in [-0.2, 0) is 4.79 Å². The molecule has 3 aromatic carbocycles. The molecule has 166 valence electrons. The van der Waals surface area contributed by atoms with Gasteiger partial charge in [0.15, 0.2) is 5.76 Å². The van der Waals surface area contributed by atoms with Gasteiger partial charge in [0, 0.05) is 15.1 Å². The third-order valence-corrected chi connectivity index (χ3v) is 6.36. The van der Waals surface area contributed by atoms with Crippen LogP contribution in [0, 0.1) is 5.82 Å². The van der Waals surface area contributed by atoms with Gasteiger partial charge in [-0.3, -0.25) is 9.59 Å². The van der Waals surface area contributed by atoms with Gasteiger partial charge in [-0.15, -0.1) is 11.8 Å². The minimum Gasteiger partial charge on any atom is -0.459 e. The number of amides is 2. The fraction of sp³-hybridized carbons (Fsp3) is 0.0400. The summed E-state index contributed by atoms with van der Waals surface area (Å²) in [7, 11) is 0. The number of hydrogen-bond acceptors (Lipinski definition) is 4. The van der Waals surface area contributed by atoms with E-state index in [0.717, 1.165) is 10.5 Å². The lowest BCUT2D eigenvalue weighted by molar-refractivity contribution is -0.115. The Morgan fingerprint density at radius 2 is 1.73 bits per heavy atom. The van der Waals surface area contributed by atoms with Crippen LogP contribution in [0.25, 0.3) is 0 Å². The van der Waals surface area contributed by atoms with Gasteiger partial charge in [-0.1, -0.05) is 52.3 Å². The van der Waals surface area contributed by atoms with E-state index in [1.807, 2.05) is 36.4 Å². The van der Waals surface area contributed by atoms with Crippen LogP contribution in [-0.4, -0.2) is 11.8 Å². The van der Waals surface area contributed by atoms with Crippen molar-refractivity contribution in [2.24, 2.45) is 0 Å². The van der Waals surface area contributed by atoms with Gasteiger partial charge in [0.05, 0.1) is 12.0 Å². The van der Waals surface area contributed by atoms with Gasteiger partial charge in [0.1, 0.15) is 11.1 Å². The maximum Gasteiger partial charge on any atom is 0.291 e. The molecule has 0 aliphatic rings. The highest BCUT2D eigenvalue weighted by Gasteiger charge is 2.23. The second-order valence-electron chi connectivity index (χ2n) is 6.98. The van der Waals surface area contributed by atoms with Crippen LogP contribution < -0.4 is 10.6 Å². The van der Waals surface area contributed by atoms with E-state index >= 15 is 0 Å². The van der Waals surface area contributed by atoms with Gasteiger partial charge in [0.25, 0.3) is 5.91 Å². The number of rotatable bonds is 7. The number of halogens is 2. The Morgan fingerprint density at radius 3 is 2.45 bits per heavy atom. The maximum atomic E-state index is 14.3. The van der Waals surface area contributed by atoms with Crippen LogP contribution in [0.2, 0.25) is 0 Å². The molecule has 0 aliphatic heterocycles. The summed E-state index contributed by atoms with van der Waals surface area (Å²) in [4.78, 5) is 26.2. The topological polar surface area (TPSA) is 71.3 Å². The molecular formula is C25H18BrFN2O3S. The van der Waals surface area contributed by atoms with Crippen molar-refractivity contribution in [2.75, 3.05) is 10.6 Å². The molecule has 0 radical (unpaired) electrons. The first kappa shape index (κ1) is 22.8. The molecule has 4 rings (SSSR count). The first-order chi connectivity index (χ1) is 16.0. The number of hydrogen-bond donors (Lipinski definition) is 2. The number of nitrogens with one attached hydrogen (secondary N) is 2. The van der Waals surface area contributed by atoms with E-state index in [2.05, 4.69) is 26.6 Å². The van der Waals surface area contributed by atoms with Crippen LogP contribution >= 0.6 is 27.7 Å². The molecule has 0 saturated heterocycles. The molecule has 1 atom stereocenters. The summed E-state index contributed by atoms with van der Waals surface area (Å²) < 4.78 is 20.0. The normalized spacial score (nSPS) is 11.6. The van der Waals surface area contributed by atoms with Crippen LogP contribution in [0.15, 0.2) is 105 Å². The van der Waals surface area contributed by atoms with Crippen molar-refractivity contribution in [1.82, 2.24) is 0 Å². The molecule has 5 nitrogen and oxygen atoms in total. The predicted octanol–water partition coefficient (Wildman–Crippen LogP) is 6.91. The third-order valence-electron chi connectivity index (χ3n) is 4.62. The molecule has 2 N–H and O–H groups in total. The maximum absolute atomic E-state index is 14.3. The summed E-state index contributed by atoms with van der Waals surface area (Å²) in [5.74, 6) is -1.06. The highest BCUT2D eigenvalue weighted by molar-refractivity contribution is 9.10. The van der Waals surface area contributed by atoms with Crippen LogP contribution in [0.3, 0.4) is 0 Å². The minimum atomic E-state index is -0.648. The van der Waals surface area contributed by atoms with Gasteiger partial charge in [0.2, 0.25) is 5.91 Å². The average molecular weight is 525 g/mol. The molecule has 0 bridgehead atoms. The Morgan fingerprint density at radius 1 is 0.909 bits per heavy atom. The summed E-state index contributed by atoms with van der Waals surface area (Å²) >= 11 is 4.51. The van der Waals surface area contributed by atoms with Crippen LogP contribution in [0.5, 0.6) is 0 Å². The summed E-state index contributed by atoms with van der Waals surface area (Å²) in [5, 5.41) is 4.81. The van der Waals surface area contributed by atoms with E-state index in [4.69, 9.17) is 4.42 Å². The zero-order valence-electron chi connectivity index (χ0n) is 17.1. The SMILES string of the molecule is O=C(Nc1cccc(SC(C(=O)Nc2ccc(Br)cc2F)c2ccccc2)c1)c1ccco1. The number of carbonyl (C=O) groups is 2. The van der Waals surface area contributed by atoms with Crippen LogP contribution in [0.4, 0.5) is 15.8 Å². The first-order valence-corrected chi connectivity index (χ1v) is 11.6. The van der Waals surface area contributed by atoms with Crippen molar-refractivity contribution in [3.05, 3.63) is 113 Å². The summed E-state index contributed by atoms with van der Waals surface area (Å²) in [6.45, 7) is 0. The van der Waals surface area contributed by atoms with E-state index in [0.29, 0.717) is 10.2 Å². The van der Waals surface area contributed by atoms with Crippen molar-refractivity contribution in [2.45, 2.75) is 10.1 Å². The summed E-state index contributed by atoms with van der Waals surface area (Å²) in [6, 6.07) is 24.1. The van der Waals surface area contributed by atoms with Crippen molar-refractivity contribution >= 4 is 50.9 Å². The van der Waals surface area contributed by atoms with E-state index in [1.54, 1.807) is 36.4 Å². The molecule has 0 saturated carbocycles. The highest BCUT2D eigenvalue weighted by Crippen LogP contribution is 2.37. The van der Waals surface area contributed by atoms with E-state index in [9.17, 15) is 14.0 Å². The number of benzene rings is 3. The van der Waals surface area contributed by atoms with Crippen molar-refractivity contribution < 1.29 is 18.4 Å². The summed E-state index contributed by atoms with van der Waals surface area (Å²) in [6.07, 6.45) is 1.43. The molecular weight excluding hydrogens is 507 g/mol. The molecule has 2 amide bonds. The highest BCUT2D eigenvalue weighted by atomic mass is 79.9. The van der Waals surface area contributed by atoms with E-state index < -0.39 is 11.1 Å². The molecule has 33 heavy (non-hydrogen) atoms. The molecule has 1 aromatic heterocycles. The van der Waals surface area contributed by atoms with Gasteiger partial charge < -0.3 is 15.1 Å².